The first-order valence-electron chi connectivity index (χ1n) is 10.5. The molecule has 0 saturated carbocycles. The average molecular weight is 308 g/mol. The van der Waals surface area contributed by atoms with Crippen LogP contribution in [0, 0.1) is 6.92 Å². The zero-order valence-corrected chi connectivity index (χ0v) is 13.7. The lowest BCUT2D eigenvalue weighted by atomic mass is 10.0. The van der Waals surface area contributed by atoms with Gasteiger partial charge in [0.1, 0.15) is 7.05 Å². The third kappa shape index (κ3) is 3.68. The molecule has 0 aliphatic carbocycles. The maximum absolute atomic E-state index is 8.61. The molecule has 1 heterocycles. The molecule has 0 fully saturated rings. The number of benzene rings is 1. The van der Waals surface area contributed by atoms with Gasteiger partial charge in [0.25, 0.3) is 0 Å². The van der Waals surface area contributed by atoms with Gasteiger partial charge in [-0.2, -0.15) is 0 Å². The fourth-order valence-corrected chi connectivity index (χ4v) is 3.27. The summed E-state index contributed by atoms with van der Waals surface area (Å²) in [4.78, 5) is 0.508. The van der Waals surface area contributed by atoms with Gasteiger partial charge in [-0.1, -0.05) is 45.8 Å². The molecule has 0 amide bonds. The van der Waals surface area contributed by atoms with Crippen LogP contribution in [0.5, 0.6) is 0 Å². The SMILES string of the molecule is [2H]C([2H])([2H])C([2H])(c1c[n+](C)c(-c2ccccc2C)cc1SC(C)C)C([2H])([2H])[2H]. The van der Waals surface area contributed by atoms with Crippen LogP contribution < -0.4 is 4.57 Å². The Morgan fingerprint density at radius 3 is 2.57 bits per heavy atom. The van der Waals surface area contributed by atoms with E-state index in [0.717, 1.165) is 16.8 Å². The Bertz CT molecular complexity index is 842. The number of thioether (sulfide) groups is 1. The predicted octanol–water partition coefficient (Wildman–Crippen LogP) is 5.11. The van der Waals surface area contributed by atoms with Crippen LogP contribution >= 0.6 is 11.8 Å². The summed E-state index contributed by atoms with van der Waals surface area (Å²) in [5.74, 6) is -2.72. The van der Waals surface area contributed by atoms with Gasteiger partial charge < -0.3 is 0 Å². The molecule has 2 heteroatoms. The van der Waals surface area contributed by atoms with Crippen molar-refractivity contribution in [3.63, 3.8) is 0 Å². The van der Waals surface area contributed by atoms with E-state index in [1.807, 2.05) is 51.1 Å². The van der Waals surface area contributed by atoms with Crippen molar-refractivity contribution in [3.8, 4) is 11.3 Å². The summed E-state index contributed by atoms with van der Waals surface area (Å²) in [5.41, 5.74) is 2.87. The highest BCUT2D eigenvalue weighted by molar-refractivity contribution is 8.00. The normalized spacial score (nSPS) is 18.0. The molecular formula is C19H26NS+. The van der Waals surface area contributed by atoms with Gasteiger partial charge >= 0.3 is 0 Å². The number of hydrogen-bond donors (Lipinski definition) is 0. The van der Waals surface area contributed by atoms with E-state index in [1.165, 1.54) is 18.0 Å². The third-order valence-electron chi connectivity index (χ3n) is 3.29. The van der Waals surface area contributed by atoms with Crippen molar-refractivity contribution in [2.24, 2.45) is 7.05 Å². The Kier molecular flexibility index (Phi) is 2.85. The van der Waals surface area contributed by atoms with E-state index < -0.39 is 19.6 Å². The summed E-state index contributed by atoms with van der Waals surface area (Å²) in [6.45, 7) is -0.141. The number of aromatic nitrogens is 1. The van der Waals surface area contributed by atoms with E-state index in [1.54, 1.807) is 11.6 Å². The minimum atomic E-state index is -3.01. The minimum Gasteiger partial charge on any atom is -0.201 e. The first kappa shape index (κ1) is 8.99. The summed E-state index contributed by atoms with van der Waals surface area (Å²) in [7, 11) is 1.74. The lowest BCUT2D eigenvalue weighted by Crippen LogP contribution is -2.32. The van der Waals surface area contributed by atoms with Crippen LogP contribution in [0.25, 0.3) is 11.3 Å². The van der Waals surface area contributed by atoms with Gasteiger partial charge in [0, 0.05) is 36.9 Å². The summed E-state index contributed by atoms with van der Waals surface area (Å²) in [6, 6.07) is 9.62. The topological polar surface area (TPSA) is 3.88 Å². The lowest BCUT2D eigenvalue weighted by molar-refractivity contribution is -0.661. The van der Waals surface area contributed by atoms with E-state index in [9.17, 15) is 0 Å². The van der Waals surface area contributed by atoms with E-state index in [2.05, 4.69) is 0 Å². The number of rotatable bonds is 4. The van der Waals surface area contributed by atoms with Crippen LogP contribution in [0.15, 0.2) is 41.4 Å². The van der Waals surface area contributed by atoms with Gasteiger partial charge in [-0.3, -0.25) is 0 Å². The smallest absolute Gasteiger partial charge is 0.201 e. The zero-order chi connectivity index (χ0) is 21.5. The molecule has 0 aliphatic heterocycles. The maximum Gasteiger partial charge on any atom is 0.213 e. The molecule has 1 aromatic heterocycles. The van der Waals surface area contributed by atoms with Crippen LogP contribution in [0.3, 0.4) is 0 Å². The van der Waals surface area contributed by atoms with Crippen molar-refractivity contribution >= 4 is 11.8 Å². The molecule has 2 aromatic rings. The molecule has 0 aliphatic rings. The summed E-state index contributed by atoms with van der Waals surface area (Å²) >= 11 is 1.37. The second-order valence-corrected chi connectivity index (χ2v) is 7.02. The minimum absolute atomic E-state index is 0.00559. The lowest BCUT2D eigenvalue weighted by Gasteiger charge is -2.15. The quantitative estimate of drug-likeness (QED) is 0.561. The van der Waals surface area contributed by atoms with Gasteiger partial charge in [0.2, 0.25) is 5.69 Å². The van der Waals surface area contributed by atoms with Crippen molar-refractivity contribution in [2.75, 3.05) is 0 Å². The van der Waals surface area contributed by atoms with Gasteiger partial charge in [-0.25, -0.2) is 4.57 Å². The van der Waals surface area contributed by atoms with Gasteiger partial charge in [0.15, 0.2) is 6.20 Å². The predicted molar refractivity (Wildman–Crippen MR) is 92.9 cm³/mol. The van der Waals surface area contributed by atoms with Crippen molar-refractivity contribution in [3.05, 3.63) is 47.7 Å². The standard InChI is InChI=1S/C19H26NS/c1-13(2)17-12-20(6)18(11-19(17)21-14(3)4)16-10-8-7-9-15(16)5/h7-14H,1-6H3/q+1/i1D3,2D3,13D. The molecule has 0 atom stereocenters. The van der Waals surface area contributed by atoms with Crippen LogP contribution in [0.1, 0.15) is 54.2 Å². The maximum atomic E-state index is 8.61. The van der Waals surface area contributed by atoms with Gasteiger partial charge in [0.05, 0.1) is 0 Å². The molecule has 0 N–H and O–H groups in total. The first-order valence-corrected chi connectivity index (χ1v) is 7.85. The van der Waals surface area contributed by atoms with Crippen molar-refractivity contribution in [1.29, 1.82) is 0 Å². The molecule has 0 radical (unpaired) electrons. The van der Waals surface area contributed by atoms with Crippen molar-refractivity contribution < 1.29 is 14.2 Å². The molecule has 1 aromatic carbocycles. The molecule has 112 valence electrons. The molecule has 0 saturated heterocycles. The van der Waals surface area contributed by atoms with E-state index in [0.29, 0.717) is 4.90 Å². The second-order valence-electron chi connectivity index (χ2n) is 5.40. The number of pyridine rings is 1. The Labute approximate surface area is 143 Å². The molecule has 21 heavy (non-hydrogen) atoms. The summed E-state index contributed by atoms with van der Waals surface area (Å²) in [5, 5.41) is 0.0913. The van der Waals surface area contributed by atoms with Crippen molar-refractivity contribution in [2.45, 2.75) is 50.5 Å². The second kappa shape index (κ2) is 6.65. The molecule has 0 spiro atoms. The largest absolute Gasteiger partial charge is 0.213 e. The van der Waals surface area contributed by atoms with Crippen LogP contribution in [-0.4, -0.2) is 5.25 Å². The Hall–Kier alpha value is -1.28. The number of aryl methyl sites for hydroxylation is 2. The Balaban J connectivity index is 2.85. The van der Waals surface area contributed by atoms with Crippen LogP contribution in [-0.2, 0) is 7.05 Å². The van der Waals surface area contributed by atoms with E-state index in [-0.39, 0.29) is 10.8 Å². The summed E-state index contributed by atoms with van der Waals surface area (Å²) < 4.78 is 57.4. The third-order valence-corrected chi connectivity index (χ3v) is 4.35. The van der Waals surface area contributed by atoms with E-state index >= 15 is 0 Å². The highest BCUT2D eigenvalue weighted by Gasteiger charge is 2.19. The monoisotopic (exact) mass is 307 g/mol. The van der Waals surface area contributed by atoms with E-state index in [4.69, 9.17) is 9.60 Å². The Morgan fingerprint density at radius 2 is 1.95 bits per heavy atom. The van der Waals surface area contributed by atoms with Crippen LogP contribution in [0.2, 0.25) is 0 Å². The zero-order valence-electron chi connectivity index (χ0n) is 19.9. The fourth-order valence-electron chi connectivity index (χ4n) is 2.30. The average Bonchev–Trinajstić information content (AvgIpc) is 2.53. The highest BCUT2D eigenvalue weighted by atomic mass is 32.2. The number of hydrogen-bond acceptors (Lipinski definition) is 1. The summed E-state index contributed by atoms with van der Waals surface area (Å²) in [6.07, 6.45) is 1.50. The number of nitrogens with zero attached hydrogens (tertiary/aromatic N) is 1. The van der Waals surface area contributed by atoms with Crippen molar-refractivity contribution in [1.82, 2.24) is 0 Å². The molecule has 2 rings (SSSR count). The van der Waals surface area contributed by atoms with Gasteiger partial charge in [-0.15, -0.1) is 11.8 Å². The highest BCUT2D eigenvalue weighted by Crippen LogP contribution is 2.33. The first-order chi connectivity index (χ1) is 12.7. The Morgan fingerprint density at radius 1 is 1.24 bits per heavy atom. The molecular weight excluding hydrogens is 274 g/mol. The van der Waals surface area contributed by atoms with Gasteiger partial charge in [-0.05, 0) is 24.4 Å². The molecule has 0 unspecified atom stereocenters. The fraction of sp³-hybridized carbons (Fsp3) is 0.421. The molecule has 0 bridgehead atoms. The molecule has 1 nitrogen and oxygen atoms in total. The van der Waals surface area contributed by atoms with Crippen LogP contribution in [0.4, 0.5) is 0 Å².